The number of carbonyl (C=O) groups is 3. The molecule has 2 rings (SSSR count). The molecule has 8 nitrogen and oxygen atoms in total. The number of hydrogen-bond donors (Lipinski definition) is 2. The molecule has 29 heavy (non-hydrogen) atoms. The highest BCUT2D eigenvalue weighted by Gasteiger charge is 2.17. The zero-order chi connectivity index (χ0) is 21.4. The third-order valence-electron chi connectivity index (χ3n) is 3.93. The first-order valence-electron chi connectivity index (χ1n) is 8.95. The van der Waals surface area contributed by atoms with Crippen molar-refractivity contribution >= 4 is 40.8 Å². The van der Waals surface area contributed by atoms with E-state index in [4.69, 9.17) is 11.6 Å². The van der Waals surface area contributed by atoms with Crippen LogP contribution >= 0.6 is 11.6 Å². The van der Waals surface area contributed by atoms with Crippen molar-refractivity contribution in [1.82, 2.24) is 14.8 Å². The molecule has 0 aliphatic carbocycles. The van der Waals surface area contributed by atoms with E-state index in [-0.39, 0.29) is 37.4 Å². The first kappa shape index (κ1) is 22.3. The molecule has 0 fully saturated rings. The SMILES string of the molecule is Cc1cccc(NC(=O)CN(C)CC(=O)N(C)CC(=O)Nc2ccccc2Cl)n1. The maximum Gasteiger partial charge on any atom is 0.244 e. The molecule has 154 valence electrons. The highest BCUT2D eigenvalue weighted by atomic mass is 35.5. The maximum absolute atomic E-state index is 12.3. The lowest BCUT2D eigenvalue weighted by molar-refractivity contribution is -0.134. The molecule has 1 heterocycles. The van der Waals surface area contributed by atoms with Gasteiger partial charge in [-0.3, -0.25) is 19.3 Å². The van der Waals surface area contributed by atoms with Crippen molar-refractivity contribution in [1.29, 1.82) is 0 Å². The van der Waals surface area contributed by atoms with E-state index in [0.717, 1.165) is 5.69 Å². The van der Waals surface area contributed by atoms with Crippen LogP contribution in [0.1, 0.15) is 5.69 Å². The van der Waals surface area contributed by atoms with Gasteiger partial charge in [0.1, 0.15) is 5.82 Å². The van der Waals surface area contributed by atoms with Crippen molar-refractivity contribution in [3.63, 3.8) is 0 Å². The Morgan fingerprint density at radius 3 is 2.31 bits per heavy atom. The zero-order valence-corrected chi connectivity index (χ0v) is 17.4. The second-order valence-corrected chi connectivity index (χ2v) is 7.07. The van der Waals surface area contributed by atoms with Crippen LogP contribution in [-0.4, -0.2) is 66.2 Å². The van der Waals surface area contributed by atoms with E-state index in [0.29, 0.717) is 16.5 Å². The van der Waals surface area contributed by atoms with Gasteiger partial charge in [-0.1, -0.05) is 29.8 Å². The van der Waals surface area contributed by atoms with Crippen LogP contribution in [0.2, 0.25) is 5.02 Å². The maximum atomic E-state index is 12.3. The first-order valence-corrected chi connectivity index (χ1v) is 9.33. The van der Waals surface area contributed by atoms with Crippen LogP contribution in [0.5, 0.6) is 0 Å². The topological polar surface area (TPSA) is 94.6 Å². The molecule has 0 bridgehead atoms. The smallest absolute Gasteiger partial charge is 0.244 e. The van der Waals surface area contributed by atoms with Crippen molar-refractivity contribution < 1.29 is 14.4 Å². The van der Waals surface area contributed by atoms with E-state index in [1.54, 1.807) is 48.3 Å². The largest absolute Gasteiger partial charge is 0.335 e. The Bertz CT molecular complexity index is 890. The molecular weight excluding hydrogens is 394 g/mol. The standard InChI is InChI=1S/C20H24ClN5O3/c1-14-7-6-10-17(22-14)24-18(27)11-25(2)13-20(29)26(3)12-19(28)23-16-9-5-4-8-15(16)21/h4-10H,11-13H2,1-3H3,(H,23,28)(H,22,24,27). The van der Waals surface area contributed by atoms with Gasteiger partial charge in [0.05, 0.1) is 30.3 Å². The van der Waals surface area contributed by atoms with Gasteiger partial charge >= 0.3 is 0 Å². The Labute approximate surface area is 174 Å². The highest BCUT2D eigenvalue weighted by molar-refractivity contribution is 6.33. The summed E-state index contributed by atoms with van der Waals surface area (Å²) in [5.74, 6) is -0.469. The van der Waals surface area contributed by atoms with Crippen molar-refractivity contribution in [3.05, 3.63) is 53.2 Å². The fraction of sp³-hybridized carbons (Fsp3) is 0.300. The number of benzene rings is 1. The predicted octanol–water partition coefficient (Wildman–Crippen LogP) is 2.01. The summed E-state index contributed by atoms with van der Waals surface area (Å²) < 4.78 is 0. The van der Waals surface area contributed by atoms with Crippen molar-refractivity contribution in [2.24, 2.45) is 0 Å². The van der Waals surface area contributed by atoms with Crippen molar-refractivity contribution in [3.8, 4) is 0 Å². The lowest BCUT2D eigenvalue weighted by atomic mass is 10.3. The van der Waals surface area contributed by atoms with Gasteiger partial charge in [-0.25, -0.2) is 4.98 Å². The fourth-order valence-electron chi connectivity index (χ4n) is 2.50. The summed E-state index contributed by atoms with van der Waals surface area (Å²) in [6.45, 7) is 1.71. The van der Waals surface area contributed by atoms with Crippen LogP contribution in [-0.2, 0) is 14.4 Å². The van der Waals surface area contributed by atoms with Crippen LogP contribution in [0.4, 0.5) is 11.5 Å². The minimum absolute atomic E-state index is 0.00939. The van der Waals surface area contributed by atoms with Gasteiger partial charge in [0, 0.05) is 12.7 Å². The second kappa shape index (κ2) is 10.5. The van der Waals surface area contributed by atoms with Gasteiger partial charge in [0.25, 0.3) is 0 Å². The molecular formula is C20H24ClN5O3. The Morgan fingerprint density at radius 1 is 0.931 bits per heavy atom. The molecule has 3 amide bonds. The third-order valence-corrected chi connectivity index (χ3v) is 4.26. The highest BCUT2D eigenvalue weighted by Crippen LogP contribution is 2.20. The van der Waals surface area contributed by atoms with Crippen LogP contribution in [0, 0.1) is 6.92 Å². The first-order chi connectivity index (χ1) is 13.7. The third kappa shape index (κ3) is 7.52. The van der Waals surface area contributed by atoms with Gasteiger partial charge < -0.3 is 15.5 Å². The molecule has 1 aromatic heterocycles. The predicted molar refractivity (Wildman–Crippen MR) is 113 cm³/mol. The lowest BCUT2D eigenvalue weighted by Crippen LogP contribution is -2.42. The number of hydrogen-bond acceptors (Lipinski definition) is 5. The fourth-order valence-corrected chi connectivity index (χ4v) is 2.69. The Morgan fingerprint density at radius 2 is 1.62 bits per heavy atom. The summed E-state index contributed by atoms with van der Waals surface area (Å²) in [4.78, 5) is 43.6. The van der Waals surface area contributed by atoms with Crippen LogP contribution in [0.3, 0.4) is 0 Å². The van der Waals surface area contributed by atoms with Crippen LogP contribution in [0.15, 0.2) is 42.5 Å². The molecule has 0 atom stereocenters. The Hall–Kier alpha value is -2.97. The normalized spacial score (nSPS) is 10.5. The summed E-state index contributed by atoms with van der Waals surface area (Å²) in [5, 5.41) is 5.77. The van der Waals surface area contributed by atoms with Crippen molar-refractivity contribution in [2.75, 3.05) is 44.4 Å². The van der Waals surface area contributed by atoms with Gasteiger partial charge in [0.2, 0.25) is 17.7 Å². The van der Waals surface area contributed by atoms with E-state index in [1.807, 2.05) is 13.0 Å². The number of para-hydroxylation sites is 1. The van der Waals surface area contributed by atoms with E-state index < -0.39 is 0 Å². The van der Waals surface area contributed by atoms with Crippen molar-refractivity contribution in [2.45, 2.75) is 6.92 Å². The van der Waals surface area contributed by atoms with Crippen LogP contribution < -0.4 is 10.6 Å². The summed E-state index contributed by atoms with van der Waals surface area (Å²) in [6.07, 6.45) is 0. The summed E-state index contributed by atoms with van der Waals surface area (Å²) in [5.41, 5.74) is 1.28. The van der Waals surface area contributed by atoms with E-state index >= 15 is 0 Å². The molecule has 0 aliphatic heterocycles. The molecule has 0 radical (unpaired) electrons. The number of pyridine rings is 1. The minimum Gasteiger partial charge on any atom is -0.335 e. The van der Waals surface area contributed by atoms with Gasteiger partial charge in [-0.15, -0.1) is 0 Å². The molecule has 0 aliphatic rings. The number of aryl methyl sites for hydroxylation is 1. The number of amides is 3. The molecule has 0 saturated heterocycles. The quantitative estimate of drug-likeness (QED) is 0.685. The molecule has 2 N–H and O–H groups in total. The summed E-state index contributed by atoms with van der Waals surface area (Å²) in [6, 6.07) is 12.2. The number of aromatic nitrogens is 1. The van der Waals surface area contributed by atoms with E-state index in [9.17, 15) is 14.4 Å². The summed E-state index contributed by atoms with van der Waals surface area (Å²) >= 11 is 6.01. The number of nitrogens with one attached hydrogen (secondary N) is 2. The monoisotopic (exact) mass is 417 g/mol. The molecule has 2 aromatic rings. The molecule has 1 aromatic carbocycles. The summed E-state index contributed by atoms with van der Waals surface area (Å²) in [7, 11) is 3.18. The number of likely N-dealkylation sites (N-methyl/N-ethyl adjacent to an activating group) is 2. The molecule has 0 saturated carbocycles. The number of nitrogens with zero attached hydrogens (tertiary/aromatic N) is 3. The van der Waals surface area contributed by atoms with Crippen LogP contribution in [0.25, 0.3) is 0 Å². The number of anilines is 2. The lowest BCUT2D eigenvalue weighted by Gasteiger charge is -2.21. The minimum atomic E-state index is -0.361. The Kier molecular flexibility index (Phi) is 8.11. The van der Waals surface area contributed by atoms with Gasteiger partial charge in [-0.2, -0.15) is 0 Å². The second-order valence-electron chi connectivity index (χ2n) is 6.66. The van der Waals surface area contributed by atoms with Gasteiger partial charge in [0.15, 0.2) is 0 Å². The molecule has 0 unspecified atom stereocenters. The number of halogens is 1. The molecule has 9 heteroatoms. The van der Waals surface area contributed by atoms with E-state index in [2.05, 4.69) is 15.6 Å². The average molecular weight is 418 g/mol. The average Bonchev–Trinajstić information content (AvgIpc) is 2.63. The van der Waals surface area contributed by atoms with Gasteiger partial charge in [-0.05, 0) is 38.2 Å². The molecule has 0 spiro atoms. The zero-order valence-electron chi connectivity index (χ0n) is 16.6. The van der Waals surface area contributed by atoms with E-state index in [1.165, 1.54) is 11.9 Å². The Balaban J connectivity index is 1.78. The number of carbonyl (C=O) groups excluding carboxylic acids is 3. The number of rotatable bonds is 8.